The highest BCUT2D eigenvalue weighted by Gasteiger charge is 2.11. The van der Waals surface area contributed by atoms with E-state index >= 15 is 0 Å². The second kappa shape index (κ2) is 9.00. The van der Waals surface area contributed by atoms with Crippen molar-refractivity contribution in [3.63, 3.8) is 0 Å². The van der Waals surface area contributed by atoms with Crippen molar-refractivity contribution >= 4 is 11.9 Å². The number of hydrogen-bond donors (Lipinski definition) is 2. The first-order valence-electron chi connectivity index (χ1n) is 6.81. The molecule has 8 heteroatoms. The van der Waals surface area contributed by atoms with E-state index in [4.69, 9.17) is 5.11 Å². The van der Waals surface area contributed by atoms with E-state index < -0.39 is 5.97 Å². The fraction of sp³-hybridized carbons (Fsp3) is 0.750. The van der Waals surface area contributed by atoms with Crippen molar-refractivity contribution in [2.75, 3.05) is 6.54 Å². The smallest absolute Gasteiger partial charge is 0.303 e. The number of carboxylic acid groups (broad SMARTS) is 1. The maximum atomic E-state index is 11.6. The lowest BCUT2D eigenvalue weighted by Gasteiger charge is -2.15. The Bertz CT molecular complexity index is 407. The normalized spacial score (nSPS) is 12.1. The lowest BCUT2D eigenvalue weighted by atomic mass is 9.94. The van der Waals surface area contributed by atoms with Gasteiger partial charge in [0, 0.05) is 13.0 Å². The third-order valence-electron chi connectivity index (χ3n) is 3.04. The van der Waals surface area contributed by atoms with Gasteiger partial charge in [0.15, 0.2) is 0 Å². The monoisotopic (exact) mass is 283 g/mol. The number of amides is 1. The molecule has 0 aliphatic rings. The molecule has 112 valence electrons. The molecule has 1 rings (SSSR count). The molecule has 0 spiro atoms. The Morgan fingerprint density at radius 3 is 2.75 bits per heavy atom. The summed E-state index contributed by atoms with van der Waals surface area (Å²) in [5.74, 6) is -0.580. The molecule has 0 saturated carbocycles. The molecule has 8 nitrogen and oxygen atoms in total. The molecule has 1 amide bonds. The minimum Gasteiger partial charge on any atom is -0.481 e. The van der Waals surface area contributed by atoms with E-state index in [-0.39, 0.29) is 18.9 Å². The van der Waals surface area contributed by atoms with Crippen molar-refractivity contribution in [3.8, 4) is 0 Å². The van der Waals surface area contributed by atoms with Crippen LogP contribution in [0.15, 0.2) is 6.33 Å². The summed E-state index contributed by atoms with van der Waals surface area (Å²) in [6.45, 7) is 2.72. The molecule has 1 heterocycles. The number of tetrazole rings is 1. The van der Waals surface area contributed by atoms with Crippen LogP contribution < -0.4 is 5.32 Å². The molecule has 0 fully saturated rings. The van der Waals surface area contributed by atoms with Gasteiger partial charge in [0.1, 0.15) is 12.9 Å². The third kappa shape index (κ3) is 6.81. The second-order valence-corrected chi connectivity index (χ2v) is 4.73. The topological polar surface area (TPSA) is 110 Å². The summed E-state index contributed by atoms with van der Waals surface area (Å²) in [5.41, 5.74) is 0. The van der Waals surface area contributed by atoms with E-state index in [2.05, 4.69) is 27.8 Å². The minimum atomic E-state index is -0.770. The van der Waals surface area contributed by atoms with Crippen molar-refractivity contribution in [3.05, 3.63) is 6.33 Å². The molecule has 0 radical (unpaired) electrons. The lowest BCUT2D eigenvalue weighted by Crippen LogP contribution is -2.29. The molecule has 0 bridgehead atoms. The van der Waals surface area contributed by atoms with Crippen LogP contribution in [-0.4, -0.2) is 43.7 Å². The quantitative estimate of drug-likeness (QED) is 0.645. The van der Waals surface area contributed by atoms with Crippen LogP contribution in [0.3, 0.4) is 0 Å². The number of aromatic nitrogens is 4. The Balaban J connectivity index is 2.21. The fourth-order valence-electron chi connectivity index (χ4n) is 2.04. The van der Waals surface area contributed by atoms with Crippen LogP contribution in [0.5, 0.6) is 0 Å². The molecule has 0 aliphatic heterocycles. The Morgan fingerprint density at radius 2 is 2.15 bits per heavy atom. The summed E-state index contributed by atoms with van der Waals surface area (Å²) >= 11 is 0. The first-order valence-corrected chi connectivity index (χ1v) is 6.81. The number of carbonyl (C=O) groups is 2. The van der Waals surface area contributed by atoms with Crippen molar-refractivity contribution in [1.29, 1.82) is 0 Å². The zero-order valence-electron chi connectivity index (χ0n) is 11.7. The van der Waals surface area contributed by atoms with Crippen molar-refractivity contribution in [2.24, 2.45) is 5.92 Å². The molecular weight excluding hydrogens is 262 g/mol. The van der Waals surface area contributed by atoms with Gasteiger partial charge in [-0.2, -0.15) is 0 Å². The van der Waals surface area contributed by atoms with E-state index in [9.17, 15) is 9.59 Å². The number of aliphatic carboxylic acids is 1. The summed E-state index contributed by atoms with van der Waals surface area (Å²) in [6, 6.07) is 0. The highest BCUT2D eigenvalue weighted by molar-refractivity contribution is 5.75. The highest BCUT2D eigenvalue weighted by atomic mass is 16.4. The summed E-state index contributed by atoms with van der Waals surface area (Å²) in [6.07, 6.45) is 5.02. The predicted octanol–water partition coefficient (Wildman–Crippen LogP) is 0.461. The molecular formula is C12H21N5O3. The van der Waals surface area contributed by atoms with Crippen LogP contribution in [0.4, 0.5) is 0 Å². The zero-order valence-corrected chi connectivity index (χ0v) is 11.7. The largest absolute Gasteiger partial charge is 0.481 e. The third-order valence-corrected chi connectivity index (χ3v) is 3.04. The lowest BCUT2D eigenvalue weighted by molar-refractivity contribution is -0.137. The molecule has 1 atom stereocenters. The van der Waals surface area contributed by atoms with Crippen LogP contribution in [0.2, 0.25) is 0 Å². The van der Waals surface area contributed by atoms with Gasteiger partial charge >= 0.3 is 5.97 Å². The van der Waals surface area contributed by atoms with Gasteiger partial charge in [-0.1, -0.05) is 19.8 Å². The minimum absolute atomic E-state index is 0.0978. The van der Waals surface area contributed by atoms with E-state index in [0.717, 1.165) is 19.3 Å². The van der Waals surface area contributed by atoms with Gasteiger partial charge < -0.3 is 10.4 Å². The fourth-order valence-corrected chi connectivity index (χ4v) is 2.04. The average molecular weight is 283 g/mol. The number of rotatable bonds is 10. The second-order valence-electron chi connectivity index (χ2n) is 4.73. The number of nitrogens with one attached hydrogen (secondary N) is 1. The maximum absolute atomic E-state index is 11.6. The molecule has 2 N–H and O–H groups in total. The molecule has 1 unspecified atom stereocenters. The number of hydrogen-bond acceptors (Lipinski definition) is 5. The SMILES string of the molecule is CCCC(CCNC(=O)Cn1cnnn1)CCC(=O)O. The summed E-state index contributed by atoms with van der Waals surface area (Å²) in [7, 11) is 0. The molecule has 20 heavy (non-hydrogen) atoms. The van der Waals surface area contributed by atoms with E-state index in [1.54, 1.807) is 0 Å². The van der Waals surface area contributed by atoms with Crippen LogP contribution in [-0.2, 0) is 16.1 Å². The van der Waals surface area contributed by atoms with E-state index in [0.29, 0.717) is 18.9 Å². The van der Waals surface area contributed by atoms with Gasteiger partial charge in [-0.25, -0.2) is 4.68 Å². The highest BCUT2D eigenvalue weighted by Crippen LogP contribution is 2.17. The predicted molar refractivity (Wildman–Crippen MR) is 70.7 cm³/mol. The van der Waals surface area contributed by atoms with Gasteiger partial charge in [0.05, 0.1) is 0 Å². The Morgan fingerprint density at radius 1 is 1.35 bits per heavy atom. The molecule has 0 aromatic carbocycles. The Kier molecular flexibility index (Phi) is 7.23. The Hall–Kier alpha value is -1.99. The van der Waals surface area contributed by atoms with Crippen LogP contribution in [0.1, 0.15) is 39.0 Å². The van der Waals surface area contributed by atoms with Crippen LogP contribution in [0, 0.1) is 5.92 Å². The van der Waals surface area contributed by atoms with Crippen molar-refractivity contribution in [1.82, 2.24) is 25.5 Å². The van der Waals surface area contributed by atoms with Gasteiger partial charge in [-0.3, -0.25) is 9.59 Å². The Labute approximate surface area is 117 Å². The maximum Gasteiger partial charge on any atom is 0.303 e. The summed E-state index contributed by atoms with van der Waals surface area (Å²) in [5, 5.41) is 22.0. The molecule has 0 saturated heterocycles. The van der Waals surface area contributed by atoms with Gasteiger partial charge in [0.25, 0.3) is 0 Å². The van der Waals surface area contributed by atoms with E-state index in [1.165, 1.54) is 11.0 Å². The van der Waals surface area contributed by atoms with E-state index in [1.807, 2.05) is 0 Å². The van der Waals surface area contributed by atoms with Gasteiger partial charge in [0.2, 0.25) is 5.91 Å². The first-order chi connectivity index (χ1) is 9.61. The van der Waals surface area contributed by atoms with Gasteiger partial charge in [-0.05, 0) is 29.2 Å². The van der Waals surface area contributed by atoms with Crippen molar-refractivity contribution < 1.29 is 14.7 Å². The standard InChI is InChI=1S/C12H21N5O3/c1-2-3-10(4-5-12(19)20)6-7-13-11(18)8-17-9-14-15-16-17/h9-10H,2-8H2,1H3,(H,13,18)(H,19,20). The van der Waals surface area contributed by atoms with Crippen LogP contribution in [0.25, 0.3) is 0 Å². The summed E-state index contributed by atoms with van der Waals surface area (Å²) in [4.78, 5) is 22.2. The van der Waals surface area contributed by atoms with Gasteiger partial charge in [-0.15, -0.1) is 5.10 Å². The van der Waals surface area contributed by atoms with Crippen LogP contribution >= 0.6 is 0 Å². The first kappa shape index (κ1) is 16.1. The molecule has 1 aromatic rings. The molecule has 0 aliphatic carbocycles. The molecule has 1 aromatic heterocycles. The number of carbonyl (C=O) groups excluding carboxylic acids is 1. The van der Waals surface area contributed by atoms with Crippen molar-refractivity contribution in [2.45, 2.75) is 45.6 Å². The number of nitrogens with zero attached hydrogens (tertiary/aromatic N) is 4. The zero-order chi connectivity index (χ0) is 14.8. The number of carboxylic acids is 1. The summed E-state index contributed by atoms with van der Waals surface area (Å²) < 4.78 is 1.35. The average Bonchev–Trinajstić information content (AvgIpc) is 2.88.